The highest BCUT2D eigenvalue weighted by atomic mass is 16.7. The average Bonchev–Trinajstić information content (AvgIpc) is 2.91. The van der Waals surface area contributed by atoms with Crippen LogP contribution in [0.4, 0.5) is 0 Å². The predicted octanol–water partition coefficient (Wildman–Crippen LogP) is 1.85. The van der Waals surface area contributed by atoms with E-state index in [0.717, 1.165) is 51.0 Å². The predicted molar refractivity (Wildman–Crippen MR) is 79.7 cm³/mol. The van der Waals surface area contributed by atoms with Crippen LogP contribution in [-0.2, 0) is 9.47 Å². The van der Waals surface area contributed by atoms with Crippen molar-refractivity contribution in [1.29, 1.82) is 0 Å². The molecular weight excluding hydrogens is 252 g/mol. The summed E-state index contributed by atoms with van der Waals surface area (Å²) < 4.78 is 12.2. The van der Waals surface area contributed by atoms with Crippen molar-refractivity contribution in [3.8, 4) is 0 Å². The quantitative estimate of drug-likeness (QED) is 0.853. The van der Waals surface area contributed by atoms with Crippen molar-refractivity contribution in [1.82, 2.24) is 10.2 Å². The molecular formula is C16H30N2O2. The van der Waals surface area contributed by atoms with Crippen LogP contribution in [0.15, 0.2) is 0 Å². The fraction of sp³-hybridized carbons (Fsp3) is 1.00. The number of piperidine rings is 2. The van der Waals surface area contributed by atoms with Gasteiger partial charge in [0.15, 0.2) is 5.79 Å². The summed E-state index contributed by atoms with van der Waals surface area (Å²) in [6.45, 7) is 6.36. The third-order valence-corrected chi connectivity index (χ3v) is 5.31. The van der Waals surface area contributed by atoms with Crippen molar-refractivity contribution < 1.29 is 9.47 Å². The highest BCUT2D eigenvalue weighted by Crippen LogP contribution is 2.38. The van der Waals surface area contributed by atoms with Crippen molar-refractivity contribution >= 4 is 0 Å². The second-order valence-electron chi connectivity index (χ2n) is 6.96. The molecule has 0 amide bonds. The van der Waals surface area contributed by atoms with Crippen molar-refractivity contribution in [2.24, 2.45) is 11.8 Å². The van der Waals surface area contributed by atoms with Gasteiger partial charge in [0, 0.05) is 12.8 Å². The van der Waals surface area contributed by atoms with Crippen LogP contribution in [0.5, 0.6) is 0 Å². The molecule has 116 valence electrons. The Bertz CT molecular complexity index is 291. The maximum atomic E-state index is 6.12. The fourth-order valence-electron chi connectivity index (χ4n) is 4.05. The Balaban J connectivity index is 1.56. The van der Waals surface area contributed by atoms with Gasteiger partial charge in [-0.3, -0.25) is 0 Å². The van der Waals surface area contributed by atoms with Crippen LogP contribution in [0.3, 0.4) is 0 Å². The lowest BCUT2D eigenvalue weighted by molar-refractivity contribution is -0.185. The largest absolute Gasteiger partial charge is 0.348 e. The molecule has 3 fully saturated rings. The van der Waals surface area contributed by atoms with E-state index in [2.05, 4.69) is 17.3 Å². The number of nitrogens with zero attached hydrogens (tertiary/aromatic N) is 1. The summed E-state index contributed by atoms with van der Waals surface area (Å²) in [5.74, 6) is 1.31. The molecule has 0 aromatic carbocycles. The Morgan fingerprint density at radius 1 is 0.950 bits per heavy atom. The molecule has 3 saturated heterocycles. The number of hydrogen-bond acceptors (Lipinski definition) is 4. The maximum absolute atomic E-state index is 6.12. The van der Waals surface area contributed by atoms with Gasteiger partial charge in [0.05, 0.1) is 13.2 Å². The molecule has 4 heteroatoms. The minimum absolute atomic E-state index is 0.247. The van der Waals surface area contributed by atoms with E-state index in [-0.39, 0.29) is 5.79 Å². The van der Waals surface area contributed by atoms with Gasteiger partial charge in [-0.15, -0.1) is 0 Å². The summed E-state index contributed by atoms with van der Waals surface area (Å²) in [6.07, 6.45) is 7.39. The zero-order valence-corrected chi connectivity index (χ0v) is 12.9. The second-order valence-corrected chi connectivity index (χ2v) is 6.96. The molecule has 20 heavy (non-hydrogen) atoms. The highest BCUT2D eigenvalue weighted by molar-refractivity contribution is 4.85. The lowest BCUT2D eigenvalue weighted by Crippen LogP contribution is -2.40. The Labute approximate surface area is 123 Å². The number of hydrogen-bond donors (Lipinski definition) is 1. The van der Waals surface area contributed by atoms with Gasteiger partial charge in [-0.1, -0.05) is 0 Å². The van der Waals surface area contributed by atoms with Crippen molar-refractivity contribution in [2.45, 2.75) is 44.3 Å². The van der Waals surface area contributed by atoms with Gasteiger partial charge in [0.25, 0.3) is 0 Å². The van der Waals surface area contributed by atoms with E-state index in [9.17, 15) is 0 Å². The first kappa shape index (κ1) is 14.8. The molecule has 0 unspecified atom stereocenters. The summed E-state index contributed by atoms with van der Waals surface area (Å²) in [6, 6.07) is 0. The summed E-state index contributed by atoms with van der Waals surface area (Å²) in [4.78, 5) is 2.44. The second kappa shape index (κ2) is 6.73. The summed E-state index contributed by atoms with van der Waals surface area (Å²) >= 11 is 0. The first-order valence-electron chi connectivity index (χ1n) is 8.43. The molecule has 0 saturated carbocycles. The van der Waals surface area contributed by atoms with Gasteiger partial charge < -0.3 is 19.7 Å². The zero-order chi connectivity index (χ0) is 13.8. The van der Waals surface area contributed by atoms with Gasteiger partial charge in [-0.05, 0) is 70.7 Å². The number of rotatable bonds is 4. The van der Waals surface area contributed by atoms with E-state index in [1.165, 1.54) is 38.8 Å². The maximum Gasteiger partial charge on any atom is 0.169 e. The molecule has 3 aliphatic rings. The van der Waals surface area contributed by atoms with Crippen LogP contribution in [0.2, 0.25) is 0 Å². The molecule has 0 atom stereocenters. The van der Waals surface area contributed by atoms with Crippen LogP contribution < -0.4 is 5.32 Å². The molecule has 1 N–H and O–H groups in total. The van der Waals surface area contributed by atoms with E-state index in [1.54, 1.807) is 0 Å². The van der Waals surface area contributed by atoms with Crippen molar-refractivity contribution in [3.05, 3.63) is 0 Å². The molecule has 3 heterocycles. The average molecular weight is 282 g/mol. The minimum atomic E-state index is -0.247. The summed E-state index contributed by atoms with van der Waals surface area (Å²) in [7, 11) is 2.23. The van der Waals surface area contributed by atoms with Gasteiger partial charge in [0.2, 0.25) is 0 Å². The summed E-state index contributed by atoms with van der Waals surface area (Å²) in [5, 5.41) is 3.45. The van der Waals surface area contributed by atoms with Gasteiger partial charge in [-0.25, -0.2) is 0 Å². The van der Waals surface area contributed by atoms with Crippen molar-refractivity contribution in [2.75, 3.05) is 46.4 Å². The Kier molecular flexibility index (Phi) is 4.97. The standard InChI is InChI=1S/C16H30N2O2/c1-18-8-4-15(5-9-18)13-16(19-10-11-20-16)12-14-2-6-17-7-3-14/h14-15,17H,2-13H2,1H3. The van der Waals surface area contributed by atoms with E-state index in [0.29, 0.717) is 0 Å². The Hall–Kier alpha value is -0.160. The third kappa shape index (κ3) is 3.73. The van der Waals surface area contributed by atoms with Crippen LogP contribution >= 0.6 is 0 Å². The Morgan fingerprint density at radius 3 is 2.10 bits per heavy atom. The number of nitrogens with one attached hydrogen (secondary N) is 1. The van der Waals surface area contributed by atoms with Gasteiger partial charge in [-0.2, -0.15) is 0 Å². The molecule has 0 radical (unpaired) electrons. The van der Waals surface area contributed by atoms with Crippen LogP contribution in [0.1, 0.15) is 38.5 Å². The highest BCUT2D eigenvalue weighted by Gasteiger charge is 2.41. The number of likely N-dealkylation sites (tertiary alicyclic amines) is 1. The first-order valence-corrected chi connectivity index (χ1v) is 8.43. The van der Waals surface area contributed by atoms with E-state index in [1.807, 2.05) is 0 Å². The summed E-state index contributed by atoms with van der Waals surface area (Å²) in [5.41, 5.74) is 0. The lowest BCUT2D eigenvalue weighted by Gasteiger charge is -2.38. The third-order valence-electron chi connectivity index (χ3n) is 5.31. The van der Waals surface area contributed by atoms with Gasteiger partial charge >= 0.3 is 0 Å². The smallest absolute Gasteiger partial charge is 0.169 e. The van der Waals surface area contributed by atoms with E-state index >= 15 is 0 Å². The zero-order valence-electron chi connectivity index (χ0n) is 12.9. The van der Waals surface area contributed by atoms with E-state index in [4.69, 9.17) is 9.47 Å². The lowest BCUT2D eigenvalue weighted by atomic mass is 9.83. The van der Waals surface area contributed by atoms with Crippen molar-refractivity contribution in [3.63, 3.8) is 0 Å². The molecule has 3 rings (SSSR count). The monoisotopic (exact) mass is 282 g/mol. The van der Waals surface area contributed by atoms with Crippen LogP contribution in [0, 0.1) is 11.8 Å². The molecule has 3 aliphatic heterocycles. The van der Waals surface area contributed by atoms with E-state index < -0.39 is 0 Å². The topological polar surface area (TPSA) is 33.7 Å². The molecule has 0 spiro atoms. The normalized spacial score (nSPS) is 29.9. The van der Waals surface area contributed by atoms with Crippen LogP contribution in [0.25, 0.3) is 0 Å². The minimum Gasteiger partial charge on any atom is -0.348 e. The molecule has 0 aromatic rings. The molecule has 0 aromatic heterocycles. The molecule has 0 bridgehead atoms. The molecule has 0 aliphatic carbocycles. The van der Waals surface area contributed by atoms with Gasteiger partial charge in [0.1, 0.15) is 0 Å². The number of ether oxygens (including phenoxy) is 2. The van der Waals surface area contributed by atoms with Crippen LogP contribution in [-0.4, -0.2) is 57.1 Å². The fourth-order valence-corrected chi connectivity index (χ4v) is 4.05. The Morgan fingerprint density at radius 2 is 1.50 bits per heavy atom. The first-order chi connectivity index (χ1) is 9.76. The molecule has 4 nitrogen and oxygen atoms in total. The SMILES string of the molecule is CN1CCC(CC2(CC3CCNCC3)OCCO2)CC1.